The number of aryl methyl sites for hydroxylation is 1. The Hall–Kier alpha value is -4.32. The summed E-state index contributed by atoms with van der Waals surface area (Å²) in [5.41, 5.74) is 2.61. The molecule has 7 nitrogen and oxygen atoms in total. The van der Waals surface area contributed by atoms with Crippen LogP contribution in [0.5, 0.6) is 11.5 Å². The molecule has 0 bridgehead atoms. The number of rotatable bonds is 8. The van der Waals surface area contributed by atoms with Gasteiger partial charge in [0.15, 0.2) is 17.4 Å². The molecule has 0 atom stereocenters. The molecule has 0 radical (unpaired) electrons. The Morgan fingerprint density at radius 3 is 2.63 bits per heavy atom. The van der Waals surface area contributed by atoms with E-state index in [1.165, 1.54) is 30.3 Å². The van der Waals surface area contributed by atoms with Gasteiger partial charge in [-0.25, -0.2) is 14.4 Å². The zero-order valence-electron chi connectivity index (χ0n) is 20.2. The van der Waals surface area contributed by atoms with Crippen molar-refractivity contribution in [1.82, 2.24) is 9.97 Å². The van der Waals surface area contributed by atoms with Gasteiger partial charge in [-0.05, 0) is 36.8 Å². The Labute approximate surface area is 228 Å². The molecule has 0 unspecified atom stereocenters. The van der Waals surface area contributed by atoms with Gasteiger partial charge >= 0.3 is 0 Å². The maximum atomic E-state index is 15.3. The molecule has 0 aliphatic heterocycles. The first-order chi connectivity index (χ1) is 18.4. The number of hydrogen-bond donors (Lipinski definition) is 0. The second-order valence-corrected chi connectivity index (χ2v) is 8.79. The Balaban J connectivity index is 1.50. The zero-order chi connectivity index (χ0) is 27.1. The van der Waals surface area contributed by atoms with E-state index in [2.05, 4.69) is 26.9 Å². The molecule has 0 aliphatic carbocycles. The third kappa shape index (κ3) is 6.32. The largest absolute Gasteiger partial charge is 0.476 e. The minimum atomic E-state index is -0.661. The van der Waals surface area contributed by atoms with Gasteiger partial charge in [-0.1, -0.05) is 59.6 Å². The van der Waals surface area contributed by atoms with Crippen LogP contribution in [0.4, 0.5) is 4.39 Å². The van der Waals surface area contributed by atoms with Gasteiger partial charge in [0.05, 0.1) is 34.5 Å². The molecule has 10 heteroatoms. The molecular weight excluding hydrogens is 528 g/mol. The van der Waals surface area contributed by atoms with Gasteiger partial charge in [-0.15, -0.1) is 5.10 Å². The van der Waals surface area contributed by atoms with Crippen LogP contribution in [-0.2, 0) is 11.2 Å². The maximum absolute atomic E-state index is 15.3. The predicted octanol–water partition coefficient (Wildman–Crippen LogP) is 7.18. The number of nitrogens with zero attached hydrogens (tertiary/aromatic N) is 5. The number of nitriles is 1. The minimum absolute atomic E-state index is 0.0575. The first-order valence-corrected chi connectivity index (χ1v) is 12.1. The summed E-state index contributed by atoms with van der Waals surface area (Å²) in [5, 5.41) is 17.0. The molecule has 3 aromatic carbocycles. The highest BCUT2D eigenvalue weighted by atomic mass is 35.5. The lowest BCUT2D eigenvalue weighted by molar-refractivity contribution is 0.306. The molecule has 0 aliphatic rings. The van der Waals surface area contributed by atoms with Gasteiger partial charge in [0, 0.05) is 29.9 Å². The fourth-order valence-electron chi connectivity index (χ4n) is 3.55. The molecule has 1 heterocycles. The average molecular weight is 548 g/mol. The monoisotopic (exact) mass is 547 g/mol. The van der Waals surface area contributed by atoms with Gasteiger partial charge in [0.25, 0.3) is 0 Å². The minimum Gasteiger partial charge on any atom is -0.476 e. The van der Waals surface area contributed by atoms with Crippen molar-refractivity contribution in [3.8, 4) is 29.0 Å². The predicted molar refractivity (Wildman–Crippen MR) is 146 cm³/mol. The standard InChI is InChI=1S/C28H20Cl2FN5O2/c1-17-23(16-34-27(35-17)20-6-4-3-5-7-20)28(36-33-2)37-11-10-19-8-9-24(30)26(25(19)31)38-22-13-18(15-32)12-21(29)14-22/h3-9,12-14,16H,2,10-11H2,1H3/b36-28-. The Kier molecular flexibility index (Phi) is 8.64. The molecular formula is C28H20Cl2FN5O2. The van der Waals surface area contributed by atoms with Gasteiger partial charge in [-0.2, -0.15) is 10.4 Å². The highest BCUT2D eigenvalue weighted by molar-refractivity contribution is 6.32. The average Bonchev–Trinajstić information content (AvgIpc) is 2.92. The highest BCUT2D eigenvalue weighted by Crippen LogP contribution is 2.35. The van der Waals surface area contributed by atoms with Crippen LogP contribution < -0.4 is 4.74 Å². The molecule has 1 aromatic heterocycles. The molecule has 0 spiro atoms. The number of aromatic nitrogens is 2. The number of halogens is 3. The van der Waals surface area contributed by atoms with Crippen molar-refractivity contribution < 1.29 is 13.9 Å². The first-order valence-electron chi connectivity index (χ1n) is 11.3. The van der Waals surface area contributed by atoms with Crippen LogP contribution in [0.25, 0.3) is 11.4 Å². The van der Waals surface area contributed by atoms with E-state index in [4.69, 9.17) is 37.9 Å². The van der Waals surface area contributed by atoms with Gasteiger partial charge in [0.1, 0.15) is 5.75 Å². The highest BCUT2D eigenvalue weighted by Gasteiger charge is 2.17. The first kappa shape index (κ1) is 26.7. The lowest BCUT2D eigenvalue weighted by Crippen LogP contribution is -2.13. The van der Waals surface area contributed by atoms with Crippen LogP contribution in [0.2, 0.25) is 10.0 Å². The Morgan fingerprint density at radius 1 is 1.13 bits per heavy atom. The van der Waals surface area contributed by atoms with Crippen LogP contribution in [0.3, 0.4) is 0 Å². The van der Waals surface area contributed by atoms with Crippen LogP contribution in [0.15, 0.2) is 77.1 Å². The summed E-state index contributed by atoms with van der Waals surface area (Å²) in [7, 11) is 0. The Morgan fingerprint density at radius 2 is 1.92 bits per heavy atom. The van der Waals surface area contributed by atoms with E-state index in [1.54, 1.807) is 6.20 Å². The Bertz CT molecular complexity index is 1560. The summed E-state index contributed by atoms with van der Waals surface area (Å²) in [6.45, 7) is 5.27. The zero-order valence-corrected chi connectivity index (χ0v) is 21.7. The van der Waals surface area contributed by atoms with Crippen molar-refractivity contribution in [2.24, 2.45) is 10.2 Å². The molecule has 0 amide bonds. The van der Waals surface area contributed by atoms with E-state index < -0.39 is 5.82 Å². The van der Waals surface area contributed by atoms with E-state index >= 15 is 4.39 Å². The summed E-state index contributed by atoms with van der Waals surface area (Å²) in [4.78, 5) is 8.97. The molecule has 0 fully saturated rings. The van der Waals surface area contributed by atoms with Crippen LogP contribution in [0, 0.1) is 24.1 Å². The van der Waals surface area contributed by atoms with Gasteiger partial charge < -0.3 is 9.47 Å². The molecule has 38 heavy (non-hydrogen) atoms. The lowest BCUT2D eigenvalue weighted by atomic mass is 10.1. The summed E-state index contributed by atoms with van der Waals surface area (Å²) >= 11 is 12.2. The van der Waals surface area contributed by atoms with Gasteiger partial charge in [0.2, 0.25) is 5.90 Å². The summed E-state index contributed by atoms with van der Waals surface area (Å²) < 4.78 is 26.8. The third-order valence-electron chi connectivity index (χ3n) is 5.36. The second-order valence-electron chi connectivity index (χ2n) is 7.94. The normalized spacial score (nSPS) is 11.1. The van der Waals surface area contributed by atoms with Crippen molar-refractivity contribution in [3.05, 3.63) is 105 Å². The van der Waals surface area contributed by atoms with Crippen molar-refractivity contribution in [2.45, 2.75) is 13.3 Å². The summed E-state index contributed by atoms with van der Waals surface area (Å²) in [6, 6.07) is 19.0. The van der Waals surface area contributed by atoms with E-state index in [1.807, 2.05) is 43.3 Å². The van der Waals surface area contributed by atoms with Crippen LogP contribution in [0.1, 0.15) is 22.4 Å². The van der Waals surface area contributed by atoms with E-state index in [-0.39, 0.29) is 46.0 Å². The van der Waals surface area contributed by atoms with Gasteiger partial charge in [-0.3, -0.25) is 0 Å². The number of benzene rings is 3. The maximum Gasteiger partial charge on any atom is 0.244 e. The number of hydrogen-bond acceptors (Lipinski definition) is 7. The summed E-state index contributed by atoms with van der Waals surface area (Å²) in [5.74, 6) is 0.0644. The molecule has 0 saturated heterocycles. The molecule has 4 rings (SSSR count). The van der Waals surface area contributed by atoms with E-state index in [0.717, 1.165) is 5.56 Å². The fourth-order valence-corrected chi connectivity index (χ4v) is 3.96. The van der Waals surface area contributed by atoms with Crippen molar-refractivity contribution in [1.29, 1.82) is 5.26 Å². The van der Waals surface area contributed by atoms with Crippen molar-refractivity contribution >= 4 is 35.8 Å². The van der Waals surface area contributed by atoms with Crippen LogP contribution in [-0.4, -0.2) is 29.2 Å². The SMILES string of the molecule is C=N/N=C(\OCCc1ccc(Cl)c(Oc2cc(Cl)cc(C#N)c2)c1F)c1cnc(-c2ccccc2)nc1C. The second kappa shape index (κ2) is 12.3. The quantitative estimate of drug-likeness (QED) is 0.132. The van der Waals surface area contributed by atoms with Crippen molar-refractivity contribution in [2.75, 3.05) is 6.61 Å². The van der Waals surface area contributed by atoms with E-state index in [9.17, 15) is 0 Å². The fraction of sp³-hybridized carbons (Fsp3) is 0.107. The summed E-state index contributed by atoms with van der Waals surface area (Å²) in [6.07, 6.45) is 1.76. The molecule has 190 valence electrons. The molecule has 0 N–H and O–H groups in total. The van der Waals surface area contributed by atoms with Crippen molar-refractivity contribution in [3.63, 3.8) is 0 Å². The molecule has 4 aromatic rings. The smallest absolute Gasteiger partial charge is 0.244 e. The molecule has 0 saturated carbocycles. The number of ether oxygens (including phenoxy) is 2. The topological polar surface area (TPSA) is 92.8 Å². The third-order valence-corrected chi connectivity index (χ3v) is 5.88. The van der Waals surface area contributed by atoms with E-state index in [0.29, 0.717) is 22.6 Å². The van der Waals surface area contributed by atoms with Crippen LogP contribution >= 0.6 is 23.2 Å². The lowest BCUT2D eigenvalue weighted by Gasteiger charge is -2.14.